The van der Waals surface area contributed by atoms with Gasteiger partial charge in [-0.1, -0.05) is 11.6 Å². The molecule has 3 N–H and O–H groups in total. The normalized spacial score (nSPS) is 14.4. The lowest BCUT2D eigenvalue weighted by Crippen LogP contribution is -2.13. The number of halogens is 1. The van der Waals surface area contributed by atoms with Crippen LogP contribution in [-0.2, 0) is 20.3 Å². The molecular formula is C18H19ClN2O5S. The molecular weight excluding hydrogens is 392 g/mol. The zero-order valence-corrected chi connectivity index (χ0v) is 16.4. The summed E-state index contributed by atoms with van der Waals surface area (Å²) < 4.78 is 36.6. The summed E-state index contributed by atoms with van der Waals surface area (Å²) in [5.74, 6) is -0.488. The molecule has 0 unspecified atom stereocenters. The number of rotatable bonds is 4. The lowest BCUT2D eigenvalue weighted by molar-refractivity contribution is 0.0600. The summed E-state index contributed by atoms with van der Waals surface area (Å²) in [7, 11) is -2.54. The number of benzene rings is 2. The highest BCUT2D eigenvalue weighted by molar-refractivity contribution is 7.90. The van der Waals surface area contributed by atoms with E-state index in [0.29, 0.717) is 29.9 Å². The van der Waals surface area contributed by atoms with Gasteiger partial charge in [0.25, 0.3) is 0 Å². The number of carbonyl (C=O) groups is 1. The summed E-state index contributed by atoms with van der Waals surface area (Å²) in [6, 6.07) is 6.13. The Bertz CT molecular complexity index is 1020. The molecule has 1 heterocycles. The number of esters is 1. The Morgan fingerprint density at radius 3 is 2.70 bits per heavy atom. The second-order valence-corrected chi connectivity index (χ2v) is 8.50. The number of nitrogens with one attached hydrogen (secondary N) is 1. The van der Waals surface area contributed by atoms with Crippen molar-refractivity contribution in [3.63, 3.8) is 0 Å². The number of hydrogen-bond acceptors (Lipinski definition) is 7. The van der Waals surface area contributed by atoms with Crippen LogP contribution in [0.4, 0.5) is 5.69 Å². The maximum Gasteiger partial charge on any atom is 0.337 e. The third-order valence-corrected chi connectivity index (χ3v) is 6.09. The second kappa shape index (κ2) is 7.38. The van der Waals surface area contributed by atoms with Crippen molar-refractivity contribution < 1.29 is 22.7 Å². The average molecular weight is 411 g/mol. The summed E-state index contributed by atoms with van der Waals surface area (Å²) in [4.78, 5) is 11.8. The Labute approximate surface area is 162 Å². The highest BCUT2D eigenvalue weighted by Crippen LogP contribution is 2.44. The zero-order valence-electron chi connectivity index (χ0n) is 14.8. The van der Waals surface area contributed by atoms with Gasteiger partial charge in [-0.15, -0.1) is 0 Å². The summed E-state index contributed by atoms with van der Waals surface area (Å²) in [5.41, 5.74) is 7.21. The van der Waals surface area contributed by atoms with Gasteiger partial charge in [0.15, 0.2) is 9.84 Å². The number of carbonyl (C=O) groups excluding carboxylic acids is 1. The van der Waals surface area contributed by atoms with Crippen LogP contribution in [0.15, 0.2) is 29.2 Å². The Kier molecular flexibility index (Phi) is 5.32. The van der Waals surface area contributed by atoms with Gasteiger partial charge in [-0.05, 0) is 36.8 Å². The Morgan fingerprint density at radius 1 is 1.30 bits per heavy atom. The van der Waals surface area contributed by atoms with Crippen molar-refractivity contribution in [2.75, 3.05) is 25.5 Å². The van der Waals surface area contributed by atoms with Gasteiger partial charge in [0.05, 0.1) is 23.4 Å². The molecule has 2 aromatic rings. The lowest BCUT2D eigenvalue weighted by atomic mass is 10.1. The minimum absolute atomic E-state index is 0.0633. The number of hydrogen-bond donors (Lipinski definition) is 2. The molecule has 0 aliphatic carbocycles. The Hall–Kier alpha value is -2.29. The van der Waals surface area contributed by atoms with Gasteiger partial charge in [0.2, 0.25) is 0 Å². The minimum atomic E-state index is -3.78. The lowest BCUT2D eigenvalue weighted by Gasteiger charge is -2.14. The van der Waals surface area contributed by atoms with Crippen molar-refractivity contribution in [3.8, 4) is 11.5 Å². The third-order valence-electron chi connectivity index (χ3n) is 4.14. The first-order valence-corrected chi connectivity index (χ1v) is 10.2. The number of ether oxygens (including phenoxy) is 2. The molecule has 0 saturated heterocycles. The number of nitrogens with two attached hydrogens (primary N) is 1. The Balaban J connectivity index is 2.16. The van der Waals surface area contributed by atoms with Crippen LogP contribution in [0.25, 0.3) is 0 Å². The number of methoxy groups -OCH3 is 1. The first-order chi connectivity index (χ1) is 12.8. The number of sulfone groups is 1. The van der Waals surface area contributed by atoms with Crippen LogP contribution in [0, 0.1) is 6.92 Å². The van der Waals surface area contributed by atoms with Crippen LogP contribution in [0.2, 0.25) is 5.02 Å². The fourth-order valence-electron chi connectivity index (χ4n) is 2.91. The van der Waals surface area contributed by atoms with E-state index in [1.807, 2.05) is 0 Å². The predicted molar refractivity (Wildman–Crippen MR) is 102 cm³/mol. The molecule has 0 bridgehead atoms. The molecule has 2 aromatic carbocycles. The fraction of sp³-hybridized carbons (Fsp3) is 0.278. The van der Waals surface area contributed by atoms with Crippen LogP contribution in [0.3, 0.4) is 0 Å². The minimum Gasteiger partial charge on any atom is -0.465 e. The summed E-state index contributed by atoms with van der Waals surface area (Å²) >= 11 is 6.35. The van der Waals surface area contributed by atoms with Gasteiger partial charge in [0.1, 0.15) is 16.4 Å². The summed E-state index contributed by atoms with van der Waals surface area (Å²) in [6.07, 6.45) is 0. The first-order valence-electron chi connectivity index (χ1n) is 8.16. The molecule has 144 valence electrons. The molecule has 0 amide bonds. The highest BCUT2D eigenvalue weighted by Gasteiger charge is 2.31. The van der Waals surface area contributed by atoms with E-state index in [0.717, 1.165) is 0 Å². The summed E-state index contributed by atoms with van der Waals surface area (Å²) in [6.45, 7) is 2.60. The van der Waals surface area contributed by atoms with Gasteiger partial charge >= 0.3 is 5.97 Å². The quantitative estimate of drug-likeness (QED) is 0.746. The van der Waals surface area contributed by atoms with Crippen molar-refractivity contribution in [3.05, 3.63) is 46.0 Å². The molecule has 0 atom stereocenters. The van der Waals surface area contributed by atoms with Crippen LogP contribution >= 0.6 is 11.6 Å². The van der Waals surface area contributed by atoms with Crippen LogP contribution < -0.4 is 15.8 Å². The SMILES string of the molecule is COC(=O)c1cc(C)c2c(c1)S(=O)(=O)Cc1cc(NCCN)cc(Cl)c1O2. The molecule has 0 saturated carbocycles. The molecule has 3 rings (SSSR count). The van der Waals surface area contributed by atoms with Gasteiger partial charge in [-0.25, -0.2) is 13.2 Å². The standard InChI is InChI=1S/C18H19ClN2O5S/c1-10-5-11(18(22)25-2)7-15-16(10)26-17-12(9-27(15,23)24)6-13(8-14(17)19)21-4-3-20/h5-8,21H,3-4,9,20H2,1-2H3. The van der Waals surface area contributed by atoms with E-state index in [9.17, 15) is 13.2 Å². The summed E-state index contributed by atoms with van der Waals surface area (Å²) in [5, 5.41) is 3.36. The van der Waals surface area contributed by atoms with Crippen LogP contribution in [0.1, 0.15) is 21.5 Å². The van der Waals surface area contributed by atoms with Crippen LogP contribution in [0.5, 0.6) is 11.5 Å². The van der Waals surface area contributed by atoms with Gasteiger partial charge in [-0.2, -0.15) is 0 Å². The van der Waals surface area contributed by atoms with E-state index >= 15 is 0 Å². The van der Waals surface area contributed by atoms with Crippen LogP contribution in [-0.4, -0.2) is 34.6 Å². The van der Waals surface area contributed by atoms with E-state index in [4.69, 9.17) is 26.8 Å². The second-order valence-electron chi connectivity index (χ2n) is 6.13. The molecule has 0 fully saturated rings. The van der Waals surface area contributed by atoms with E-state index in [1.165, 1.54) is 19.2 Å². The van der Waals surface area contributed by atoms with E-state index < -0.39 is 15.8 Å². The zero-order chi connectivity index (χ0) is 19.8. The number of anilines is 1. The van der Waals surface area contributed by atoms with Crippen molar-refractivity contribution >= 4 is 33.1 Å². The molecule has 0 radical (unpaired) electrons. The molecule has 7 nitrogen and oxygen atoms in total. The van der Waals surface area contributed by atoms with Crippen molar-refractivity contribution in [2.24, 2.45) is 5.73 Å². The van der Waals surface area contributed by atoms with Crippen molar-refractivity contribution in [1.29, 1.82) is 0 Å². The maximum absolute atomic E-state index is 13.0. The monoisotopic (exact) mass is 410 g/mol. The molecule has 0 aromatic heterocycles. The van der Waals surface area contributed by atoms with E-state index in [1.54, 1.807) is 19.1 Å². The van der Waals surface area contributed by atoms with E-state index in [-0.39, 0.29) is 32.7 Å². The highest BCUT2D eigenvalue weighted by atomic mass is 35.5. The van der Waals surface area contributed by atoms with Crippen molar-refractivity contribution in [2.45, 2.75) is 17.6 Å². The third kappa shape index (κ3) is 3.73. The smallest absolute Gasteiger partial charge is 0.337 e. The number of fused-ring (bicyclic) bond motifs is 2. The topological polar surface area (TPSA) is 108 Å². The van der Waals surface area contributed by atoms with Gasteiger partial charge in [0, 0.05) is 24.3 Å². The first kappa shape index (κ1) is 19.5. The molecule has 27 heavy (non-hydrogen) atoms. The maximum atomic E-state index is 13.0. The molecule has 1 aliphatic heterocycles. The Morgan fingerprint density at radius 2 is 2.04 bits per heavy atom. The van der Waals surface area contributed by atoms with Gasteiger partial charge < -0.3 is 20.5 Å². The molecule has 9 heteroatoms. The largest absolute Gasteiger partial charge is 0.465 e. The van der Waals surface area contributed by atoms with Crippen molar-refractivity contribution in [1.82, 2.24) is 0 Å². The predicted octanol–water partition coefficient (Wildman–Crippen LogP) is 2.89. The van der Waals surface area contributed by atoms with E-state index in [2.05, 4.69) is 5.32 Å². The molecule has 0 spiro atoms. The average Bonchev–Trinajstić information content (AvgIpc) is 2.73. The van der Waals surface area contributed by atoms with Gasteiger partial charge in [-0.3, -0.25) is 0 Å². The number of aryl methyl sites for hydroxylation is 1. The molecule has 1 aliphatic rings. The fourth-order valence-corrected chi connectivity index (χ4v) is 4.76.